The number of nitrogens with zero attached hydrogens (tertiary/aromatic N) is 4. The SMILES string of the molecule is OCC(O)CNc1nc(NCc2ccccc2F)nc(N2CCCC2)n1. The van der Waals surface area contributed by atoms with Crippen molar-refractivity contribution in [1.29, 1.82) is 0 Å². The van der Waals surface area contributed by atoms with Crippen LogP contribution in [0.2, 0.25) is 0 Å². The largest absolute Gasteiger partial charge is 0.394 e. The van der Waals surface area contributed by atoms with Crippen molar-refractivity contribution in [2.45, 2.75) is 25.5 Å². The lowest BCUT2D eigenvalue weighted by atomic mass is 10.2. The summed E-state index contributed by atoms with van der Waals surface area (Å²) < 4.78 is 13.8. The normalized spacial score (nSPS) is 15.1. The fraction of sp³-hybridized carbons (Fsp3) is 0.471. The molecule has 1 aromatic heterocycles. The van der Waals surface area contributed by atoms with Crippen LogP contribution in [0, 0.1) is 5.82 Å². The molecule has 140 valence electrons. The second-order valence-electron chi connectivity index (χ2n) is 6.14. The van der Waals surface area contributed by atoms with E-state index in [9.17, 15) is 9.50 Å². The highest BCUT2D eigenvalue weighted by Crippen LogP contribution is 2.19. The fourth-order valence-electron chi connectivity index (χ4n) is 2.67. The van der Waals surface area contributed by atoms with E-state index in [1.807, 2.05) is 0 Å². The van der Waals surface area contributed by atoms with Gasteiger partial charge in [0.25, 0.3) is 0 Å². The summed E-state index contributed by atoms with van der Waals surface area (Å²) in [5, 5.41) is 24.4. The number of aromatic nitrogens is 3. The van der Waals surface area contributed by atoms with Crippen LogP contribution >= 0.6 is 0 Å². The standard InChI is InChI=1S/C17H23FN6O2/c18-14-6-2-1-5-12(14)9-19-15-21-16(20-10-13(26)11-25)23-17(22-15)24-7-3-4-8-24/h1-2,5-6,13,25-26H,3-4,7-11H2,(H2,19,20,21,22,23). The molecule has 0 saturated carbocycles. The first-order chi connectivity index (χ1) is 12.7. The molecule has 1 fully saturated rings. The maximum Gasteiger partial charge on any atom is 0.231 e. The summed E-state index contributed by atoms with van der Waals surface area (Å²) in [4.78, 5) is 15.1. The maximum absolute atomic E-state index is 13.8. The Labute approximate surface area is 151 Å². The lowest BCUT2D eigenvalue weighted by Gasteiger charge is -2.18. The molecule has 3 rings (SSSR count). The second kappa shape index (κ2) is 8.72. The van der Waals surface area contributed by atoms with Crippen LogP contribution in [0.4, 0.5) is 22.2 Å². The number of benzene rings is 1. The van der Waals surface area contributed by atoms with E-state index in [-0.39, 0.29) is 25.5 Å². The molecule has 0 amide bonds. The summed E-state index contributed by atoms with van der Waals surface area (Å²) in [7, 11) is 0. The molecule has 0 radical (unpaired) electrons. The second-order valence-corrected chi connectivity index (χ2v) is 6.14. The van der Waals surface area contributed by atoms with Crippen LogP contribution in [-0.2, 0) is 6.54 Å². The van der Waals surface area contributed by atoms with Gasteiger partial charge in [0.15, 0.2) is 0 Å². The first-order valence-corrected chi connectivity index (χ1v) is 8.67. The minimum absolute atomic E-state index is 0.118. The van der Waals surface area contributed by atoms with Gasteiger partial charge in [-0.25, -0.2) is 4.39 Å². The summed E-state index contributed by atoms with van der Waals surface area (Å²) >= 11 is 0. The number of hydrogen-bond donors (Lipinski definition) is 4. The van der Waals surface area contributed by atoms with Gasteiger partial charge < -0.3 is 25.7 Å². The molecular weight excluding hydrogens is 339 g/mol. The minimum Gasteiger partial charge on any atom is -0.394 e. The highest BCUT2D eigenvalue weighted by molar-refractivity contribution is 5.44. The lowest BCUT2D eigenvalue weighted by Crippen LogP contribution is -2.26. The average molecular weight is 362 g/mol. The molecule has 0 aliphatic carbocycles. The molecule has 26 heavy (non-hydrogen) atoms. The molecule has 2 heterocycles. The predicted octanol–water partition coefficient (Wildman–Crippen LogP) is 0.988. The molecule has 1 saturated heterocycles. The van der Waals surface area contributed by atoms with Crippen LogP contribution in [-0.4, -0.2) is 57.5 Å². The summed E-state index contributed by atoms with van der Waals surface area (Å²) in [5.41, 5.74) is 0.515. The van der Waals surface area contributed by atoms with Crippen molar-refractivity contribution in [3.05, 3.63) is 35.6 Å². The van der Waals surface area contributed by atoms with E-state index in [1.54, 1.807) is 18.2 Å². The molecular formula is C17H23FN6O2. The number of anilines is 3. The Morgan fingerprint density at radius 1 is 1.08 bits per heavy atom. The van der Waals surface area contributed by atoms with Crippen molar-refractivity contribution < 1.29 is 14.6 Å². The van der Waals surface area contributed by atoms with Crippen LogP contribution < -0.4 is 15.5 Å². The molecule has 0 spiro atoms. The molecule has 1 atom stereocenters. The molecule has 9 heteroatoms. The molecule has 1 aliphatic rings. The Balaban J connectivity index is 1.76. The molecule has 4 N–H and O–H groups in total. The van der Waals surface area contributed by atoms with E-state index in [0.29, 0.717) is 23.4 Å². The van der Waals surface area contributed by atoms with Crippen molar-refractivity contribution in [3.63, 3.8) is 0 Å². The van der Waals surface area contributed by atoms with Gasteiger partial charge in [-0.15, -0.1) is 0 Å². The van der Waals surface area contributed by atoms with E-state index in [0.717, 1.165) is 25.9 Å². The number of rotatable bonds is 8. The Bertz CT molecular complexity index is 726. The van der Waals surface area contributed by atoms with Crippen molar-refractivity contribution in [3.8, 4) is 0 Å². The van der Waals surface area contributed by atoms with Crippen molar-refractivity contribution in [2.75, 3.05) is 41.8 Å². The Hall–Kier alpha value is -2.52. The minimum atomic E-state index is -0.906. The monoisotopic (exact) mass is 362 g/mol. The third kappa shape index (κ3) is 4.77. The topological polar surface area (TPSA) is 106 Å². The highest BCUT2D eigenvalue weighted by atomic mass is 19.1. The predicted molar refractivity (Wildman–Crippen MR) is 96.6 cm³/mol. The van der Waals surface area contributed by atoms with E-state index in [1.165, 1.54) is 6.07 Å². The average Bonchev–Trinajstić information content (AvgIpc) is 3.20. The summed E-state index contributed by atoms with van der Waals surface area (Å²) in [6, 6.07) is 6.51. The quantitative estimate of drug-likeness (QED) is 0.551. The number of halogens is 1. The molecule has 1 aromatic carbocycles. The molecule has 2 aromatic rings. The van der Waals surface area contributed by atoms with Crippen LogP contribution in [0.1, 0.15) is 18.4 Å². The van der Waals surface area contributed by atoms with Gasteiger partial charge in [-0.2, -0.15) is 15.0 Å². The maximum atomic E-state index is 13.8. The van der Waals surface area contributed by atoms with Gasteiger partial charge in [0.2, 0.25) is 17.8 Å². The van der Waals surface area contributed by atoms with Gasteiger partial charge in [0.05, 0.1) is 12.7 Å². The van der Waals surface area contributed by atoms with Crippen molar-refractivity contribution in [2.24, 2.45) is 0 Å². The first-order valence-electron chi connectivity index (χ1n) is 8.67. The lowest BCUT2D eigenvalue weighted by molar-refractivity contribution is 0.105. The van der Waals surface area contributed by atoms with E-state index in [4.69, 9.17) is 5.11 Å². The molecule has 1 unspecified atom stereocenters. The van der Waals surface area contributed by atoms with Crippen molar-refractivity contribution >= 4 is 17.8 Å². The van der Waals surface area contributed by atoms with Gasteiger partial charge in [0, 0.05) is 31.7 Å². The number of aliphatic hydroxyl groups is 2. The molecule has 1 aliphatic heterocycles. The highest BCUT2D eigenvalue weighted by Gasteiger charge is 2.18. The van der Waals surface area contributed by atoms with Crippen LogP contribution in [0.15, 0.2) is 24.3 Å². The summed E-state index contributed by atoms with van der Waals surface area (Å²) in [6.45, 7) is 1.75. The van der Waals surface area contributed by atoms with E-state index >= 15 is 0 Å². The third-order valence-electron chi connectivity index (χ3n) is 4.11. The van der Waals surface area contributed by atoms with Gasteiger partial charge in [-0.1, -0.05) is 18.2 Å². The zero-order chi connectivity index (χ0) is 18.4. The van der Waals surface area contributed by atoms with E-state index < -0.39 is 6.10 Å². The molecule has 8 nitrogen and oxygen atoms in total. The molecule has 0 bridgehead atoms. The summed E-state index contributed by atoms with van der Waals surface area (Å²) in [6.07, 6.45) is 1.25. The Kier molecular flexibility index (Phi) is 6.13. The van der Waals surface area contributed by atoms with Crippen LogP contribution in [0.3, 0.4) is 0 Å². The zero-order valence-electron chi connectivity index (χ0n) is 14.4. The van der Waals surface area contributed by atoms with Crippen LogP contribution in [0.25, 0.3) is 0 Å². The van der Waals surface area contributed by atoms with Gasteiger partial charge in [0.1, 0.15) is 5.82 Å². The van der Waals surface area contributed by atoms with Crippen molar-refractivity contribution in [1.82, 2.24) is 15.0 Å². The first kappa shape index (κ1) is 18.3. The number of hydrogen-bond acceptors (Lipinski definition) is 8. The fourth-order valence-corrected chi connectivity index (χ4v) is 2.67. The van der Waals surface area contributed by atoms with E-state index in [2.05, 4.69) is 30.5 Å². The third-order valence-corrected chi connectivity index (χ3v) is 4.11. The van der Waals surface area contributed by atoms with Gasteiger partial charge in [-0.05, 0) is 18.9 Å². The van der Waals surface area contributed by atoms with Gasteiger partial charge >= 0.3 is 0 Å². The Morgan fingerprint density at radius 3 is 2.46 bits per heavy atom. The van der Waals surface area contributed by atoms with Crippen LogP contribution in [0.5, 0.6) is 0 Å². The zero-order valence-corrected chi connectivity index (χ0v) is 14.4. The smallest absolute Gasteiger partial charge is 0.231 e. The number of aliphatic hydroxyl groups excluding tert-OH is 2. The summed E-state index contributed by atoms with van der Waals surface area (Å²) in [5.74, 6) is 0.865. The number of nitrogens with one attached hydrogen (secondary N) is 2. The van der Waals surface area contributed by atoms with Gasteiger partial charge in [-0.3, -0.25) is 0 Å². The Morgan fingerprint density at radius 2 is 1.77 bits per heavy atom.